The van der Waals surface area contributed by atoms with Gasteiger partial charge in [0, 0.05) is 63.5 Å². The molecule has 0 N–H and O–H groups in total. The van der Waals surface area contributed by atoms with E-state index in [4.69, 9.17) is 19.8 Å². The molecule has 190 valence electrons. The highest BCUT2D eigenvalue weighted by molar-refractivity contribution is 5.78. The highest BCUT2D eigenvalue weighted by atomic mass is 16.5. The standard InChI is InChI=1S/C27H36N8O/c1-20-28-22-7-5-6-8-23(22)34(20)24-18-26(32-13-15-36-16-14-32)35-25(29-24)17-21(30-35)19-31-9-11-33(12-10-31)27(2,3)4/h5-8,17-18H,9-16,19H2,1-4H3. The number of rotatable bonds is 4. The Labute approximate surface area is 212 Å². The SMILES string of the molecule is Cc1nc2ccccc2n1-c1cc(N2CCOCC2)n2nc(CN3CCN(C(C)(C)C)CC3)cc2n1. The fourth-order valence-electron chi connectivity index (χ4n) is 5.44. The van der Waals surface area contributed by atoms with E-state index in [9.17, 15) is 0 Å². The zero-order valence-electron chi connectivity index (χ0n) is 21.8. The number of fused-ring (bicyclic) bond motifs is 2. The number of aromatic nitrogens is 5. The predicted molar refractivity (Wildman–Crippen MR) is 142 cm³/mol. The third kappa shape index (κ3) is 4.36. The molecule has 0 amide bonds. The summed E-state index contributed by atoms with van der Waals surface area (Å²) in [6.45, 7) is 17.2. The van der Waals surface area contributed by atoms with Gasteiger partial charge in [0.2, 0.25) is 0 Å². The number of anilines is 1. The Morgan fingerprint density at radius 1 is 0.917 bits per heavy atom. The highest BCUT2D eigenvalue weighted by Crippen LogP contribution is 2.26. The Balaban J connectivity index is 1.36. The summed E-state index contributed by atoms with van der Waals surface area (Å²) in [5.74, 6) is 2.86. The summed E-state index contributed by atoms with van der Waals surface area (Å²) in [7, 11) is 0. The molecule has 5 heterocycles. The van der Waals surface area contributed by atoms with Crippen molar-refractivity contribution in [2.45, 2.75) is 39.8 Å². The average molecular weight is 489 g/mol. The number of piperazine rings is 1. The fraction of sp³-hybridized carbons (Fsp3) is 0.519. The predicted octanol–water partition coefficient (Wildman–Crippen LogP) is 3.13. The van der Waals surface area contributed by atoms with Crippen molar-refractivity contribution in [2.24, 2.45) is 0 Å². The molecule has 9 heteroatoms. The molecule has 36 heavy (non-hydrogen) atoms. The molecule has 9 nitrogen and oxygen atoms in total. The molecule has 0 radical (unpaired) electrons. The molecule has 2 aliphatic heterocycles. The van der Waals surface area contributed by atoms with Gasteiger partial charge in [0.1, 0.15) is 17.5 Å². The number of aryl methyl sites for hydroxylation is 1. The Morgan fingerprint density at radius 2 is 1.67 bits per heavy atom. The van der Waals surface area contributed by atoms with E-state index in [1.165, 1.54) is 0 Å². The molecular weight excluding hydrogens is 452 g/mol. The number of para-hydroxylation sites is 2. The van der Waals surface area contributed by atoms with Crippen LogP contribution in [0.1, 0.15) is 32.3 Å². The Kier molecular flexibility index (Phi) is 5.94. The van der Waals surface area contributed by atoms with Crippen molar-refractivity contribution in [2.75, 3.05) is 57.4 Å². The summed E-state index contributed by atoms with van der Waals surface area (Å²) < 4.78 is 9.81. The third-order valence-electron chi connectivity index (χ3n) is 7.44. The molecule has 6 rings (SSSR count). The first-order valence-electron chi connectivity index (χ1n) is 13.0. The number of morpholine rings is 1. The second-order valence-corrected chi connectivity index (χ2v) is 10.9. The molecule has 4 aromatic rings. The first-order chi connectivity index (χ1) is 17.4. The first kappa shape index (κ1) is 23.4. The van der Waals surface area contributed by atoms with Gasteiger partial charge in [0.15, 0.2) is 5.65 Å². The lowest BCUT2D eigenvalue weighted by Gasteiger charge is -2.42. The maximum atomic E-state index is 5.64. The molecule has 0 saturated carbocycles. The van der Waals surface area contributed by atoms with Crippen molar-refractivity contribution in [1.82, 2.24) is 33.9 Å². The molecule has 3 aromatic heterocycles. The normalized spacial score (nSPS) is 18.5. The minimum absolute atomic E-state index is 0.220. The highest BCUT2D eigenvalue weighted by Gasteiger charge is 2.26. The van der Waals surface area contributed by atoms with Crippen LogP contribution in [0.2, 0.25) is 0 Å². The first-order valence-corrected chi connectivity index (χ1v) is 13.0. The maximum absolute atomic E-state index is 5.64. The lowest BCUT2D eigenvalue weighted by Crippen LogP contribution is -2.53. The van der Waals surface area contributed by atoms with Crippen LogP contribution in [0.5, 0.6) is 0 Å². The minimum Gasteiger partial charge on any atom is -0.378 e. The van der Waals surface area contributed by atoms with E-state index in [-0.39, 0.29) is 5.54 Å². The van der Waals surface area contributed by atoms with Gasteiger partial charge in [-0.2, -0.15) is 9.61 Å². The zero-order chi connectivity index (χ0) is 24.9. The fourth-order valence-corrected chi connectivity index (χ4v) is 5.44. The molecule has 2 fully saturated rings. The van der Waals surface area contributed by atoms with E-state index in [2.05, 4.69) is 70.4 Å². The largest absolute Gasteiger partial charge is 0.378 e. The van der Waals surface area contributed by atoms with E-state index < -0.39 is 0 Å². The molecule has 2 saturated heterocycles. The van der Waals surface area contributed by atoms with Crippen LogP contribution in [0.25, 0.3) is 22.5 Å². The van der Waals surface area contributed by atoms with Gasteiger partial charge in [-0.25, -0.2) is 9.97 Å². The van der Waals surface area contributed by atoms with E-state index in [0.717, 1.165) is 98.9 Å². The smallest absolute Gasteiger partial charge is 0.160 e. The van der Waals surface area contributed by atoms with Crippen LogP contribution in [0.4, 0.5) is 5.82 Å². The van der Waals surface area contributed by atoms with Gasteiger partial charge in [-0.3, -0.25) is 14.4 Å². The summed E-state index contributed by atoms with van der Waals surface area (Å²) in [5, 5.41) is 5.05. The van der Waals surface area contributed by atoms with Crippen molar-refractivity contribution >= 4 is 22.5 Å². The van der Waals surface area contributed by atoms with Gasteiger partial charge in [0.25, 0.3) is 0 Å². The van der Waals surface area contributed by atoms with E-state index >= 15 is 0 Å². The second kappa shape index (κ2) is 9.14. The minimum atomic E-state index is 0.220. The van der Waals surface area contributed by atoms with Crippen LogP contribution in [0.3, 0.4) is 0 Å². The molecule has 2 aliphatic rings. The van der Waals surface area contributed by atoms with Gasteiger partial charge < -0.3 is 9.64 Å². The van der Waals surface area contributed by atoms with Gasteiger partial charge >= 0.3 is 0 Å². The van der Waals surface area contributed by atoms with Crippen LogP contribution in [-0.4, -0.2) is 92.0 Å². The lowest BCUT2D eigenvalue weighted by atomic mass is 10.0. The summed E-state index contributed by atoms with van der Waals surface area (Å²) in [6, 6.07) is 12.5. The van der Waals surface area contributed by atoms with Crippen LogP contribution in [0, 0.1) is 6.92 Å². The van der Waals surface area contributed by atoms with E-state index in [0.29, 0.717) is 0 Å². The lowest BCUT2D eigenvalue weighted by molar-refractivity contribution is 0.0585. The number of benzene rings is 1. The van der Waals surface area contributed by atoms with Crippen molar-refractivity contribution in [3.05, 3.63) is 47.9 Å². The number of ether oxygens (including phenoxy) is 1. The zero-order valence-corrected chi connectivity index (χ0v) is 21.8. The van der Waals surface area contributed by atoms with Crippen molar-refractivity contribution in [1.29, 1.82) is 0 Å². The number of hydrogen-bond donors (Lipinski definition) is 0. The monoisotopic (exact) mass is 488 g/mol. The summed E-state index contributed by atoms with van der Waals surface area (Å²) in [5.41, 5.74) is 4.20. The van der Waals surface area contributed by atoms with E-state index in [1.54, 1.807) is 0 Å². The maximum Gasteiger partial charge on any atom is 0.160 e. The Bertz CT molecular complexity index is 1370. The summed E-state index contributed by atoms with van der Waals surface area (Å²) in [4.78, 5) is 17.3. The Hall–Kier alpha value is -3.01. The van der Waals surface area contributed by atoms with Crippen LogP contribution in [0.15, 0.2) is 36.4 Å². The van der Waals surface area contributed by atoms with Crippen molar-refractivity contribution in [3.63, 3.8) is 0 Å². The van der Waals surface area contributed by atoms with Crippen LogP contribution < -0.4 is 4.90 Å². The van der Waals surface area contributed by atoms with Gasteiger partial charge in [0.05, 0.1) is 29.9 Å². The van der Waals surface area contributed by atoms with Gasteiger partial charge in [-0.05, 0) is 39.8 Å². The summed E-state index contributed by atoms with van der Waals surface area (Å²) >= 11 is 0. The molecule has 1 aromatic carbocycles. The molecule has 0 bridgehead atoms. The molecule has 0 spiro atoms. The van der Waals surface area contributed by atoms with Crippen molar-refractivity contribution in [3.8, 4) is 5.82 Å². The molecule has 0 unspecified atom stereocenters. The van der Waals surface area contributed by atoms with Crippen LogP contribution in [-0.2, 0) is 11.3 Å². The van der Waals surface area contributed by atoms with Crippen LogP contribution >= 0.6 is 0 Å². The van der Waals surface area contributed by atoms with Gasteiger partial charge in [-0.15, -0.1) is 0 Å². The number of hydrogen-bond acceptors (Lipinski definition) is 7. The molecule has 0 aliphatic carbocycles. The quantitative estimate of drug-likeness (QED) is 0.437. The Morgan fingerprint density at radius 3 is 2.42 bits per heavy atom. The second-order valence-electron chi connectivity index (χ2n) is 10.9. The topological polar surface area (TPSA) is 67.0 Å². The number of imidazole rings is 1. The molecule has 0 atom stereocenters. The van der Waals surface area contributed by atoms with Crippen molar-refractivity contribution < 1.29 is 4.74 Å². The molecular formula is C27H36N8O. The number of nitrogens with zero attached hydrogens (tertiary/aromatic N) is 8. The van der Waals surface area contributed by atoms with E-state index in [1.807, 2.05) is 17.5 Å². The average Bonchev–Trinajstić information content (AvgIpc) is 3.43. The summed E-state index contributed by atoms with van der Waals surface area (Å²) in [6.07, 6.45) is 0. The third-order valence-corrected chi connectivity index (χ3v) is 7.44. The van der Waals surface area contributed by atoms with Gasteiger partial charge in [-0.1, -0.05) is 12.1 Å².